The lowest BCUT2D eigenvalue weighted by Gasteiger charge is -2.19. The number of ether oxygens (including phenoxy) is 1. The minimum absolute atomic E-state index is 0.422. The summed E-state index contributed by atoms with van der Waals surface area (Å²) in [5, 5.41) is 0. The van der Waals surface area contributed by atoms with Crippen LogP contribution >= 0.6 is 0 Å². The molecule has 1 atom stereocenters. The number of rotatable bonds is 4. The second kappa shape index (κ2) is 5.36. The van der Waals surface area contributed by atoms with Gasteiger partial charge in [0.2, 0.25) is 0 Å². The summed E-state index contributed by atoms with van der Waals surface area (Å²) >= 11 is 0. The average Bonchev–Trinajstić information content (AvgIpc) is 2.05. The van der Waals surface area contributed by atoms with Gasteiger partial charge in [-0.25, -0.2) is 0 Å². The normalized spacial score (nSPS) is 23.8. The number of allylic oxidation sites excluding steroid dienone is 1. The van der Waals surface area contributed by atoms with Crippen LogP contribution in [0.5, 0.6) is 0 Å². The largest absolute Gasteiger partial charge is 0.374 e. The number of unbranched alkanes of at least 4 members (excludes halogenated alkanes) is 1. The van der Waals surface area contributed by atoms with Crippen molar-refractivity contribution in [1.29, 1.82) is 0 Å². The lowest BCUT2D eigenvalue weighted by Crippen LogP contribution is -2.14. The quantitative estimate of drug-likeness (QED) is 0.462. The van der Waals surface area contributed by atoms with Crippen LogP contribution in [0.2, 0.25) is 0 Å². The molecule has 1 heteroatoms. The van der Waals surface area contributed by atoms with Crippen molar-refractivity contribution in [3.63, 3.8) is 0 Å². The molecule has 1 aliphatic rings. The second-order valence-electron chi connectivity index (χ2n) is 3.67. The van der Waals surface area contributed by atoms with Gasteiger partial charge in [-0.15, -0.1) is 0 Å². The van der Waals surface area contributed by atoms with E-state index >= 15 is 0 Å². The highest BCUT2D eigenvalue weighted by atomic mass is 16.5. The summed E-state index contributed by atoms with van der Waals surface area (Å²) in [7, 11) is 0. The topological polar surface area (TPSA) is 9.23 Å². The van der Waals surface area contributed by atoms with Gasteiger partial charge in [-0.3, -0.25) is 0 Å². The maximum Gasteiger partial charge on any atom is 0.0758 e. The molecular weight excluding hydrogens is 148 g/mol. The summed E-state index contributed by atoms with van der Waals surface area (Å²) in [5.41, 5.74) is 1.50. The zero-order valence-corrected chi connectivity index (χ0v) is 8.31. The first-order chi connectivity index (χ1) is 5.83. The molecule has 70 valence electrons. The van der Waals surface area contributed by atoms with Crippen LogP contribution in [0.4, 0.5) is 0 Å². The molecule has 0 aromatic rings. The van der Waals surface area contributed by atoms with Crippen molar-refractivity contribution in [2.45, 2.75) is 52.1 Å². The maximum atomic E-state index is 5.72. The third-order valence-electron chi connectivity index (χ3n) is 2.36. The Morgan fingerprint density at radius 3 is 3.08 bits per heavy atom. The molecule has 1 rings (SSSR count). The molecule has 0 heterocycles. The first kappa shape index (κ1) is 9.79. The Labute approximate surface area is 75.8 Å². The van der Waals surface area contributed by atoms with E-state index < -0.39 is 0 Å². The van der Waals surface area contributed by atoms with E-state index in [1.54, 1.807) is 0 Å². The minimum Gasteiger partial charge on any atom is -0.374 e. The minimum atomic E-state index is 0.422. The predicted molar refractivity (Wildman–Crippen MR) is 52.3 cm³/mol. The van der Waals surface area contributed by atoms with Crippen molar-refractivity contribution in [2.24, 2.45) is 0 Å². The molecule has 0 N–H and O–H groups in total. The summed E-state index contributed by atoms with van der Waals surface area (Å²) in [5.74, 6) is 0. The first-order valence-corrected chi connectivity index (χ1v) is 5.12. The highest BCUT2D eigenvalue weighted by Gasteiger charge is 2.10. The van der Waals surface area contributed by atoms with E-state index in [0.717, 1.165) is 6.61 Å². The van der Waals surface area contributed by atoms with Gasteiger partial charge in [-0.2, -0.15) is 0 Å². The van der Waals surface area contributed by atoms with Crippen LogP contribution in [0.15, 0.2) is 11.6 Å². The third-order valence-corrected chi connectivity index (χ3v) is 2.36. The fourth-order valence-electron chi connectivity index (χ4n) is 1.58. The van der Waals surface area contributed by atoms with Gasteiger partial charge < -0.3 is 4.74 Å². The van der Waals surface area contributed by atoms with Crippen LogP contribution in [0, 0.1) is 0 Å². The van der Waals surface area contributed by atoms with Gasteiger partial charge in [-0.1, -0.05) is 25.0 Å². The van der Waals surface area contributed by atoms with Crippen molar-refractivity contribution in [2.75, 3.05) is 6.61 Å². The van der Waals surface area contributed by atoms with E-state index in [4.69, 9.17) is 4.74 Å². The molecule has 0 saturated heterocycles. The molecule has 0 aromatic carbocycles. The Morgan fingerprint density at radius 2 is 2.42 bits per heavy atom. The van der Waals surface area contributed by atoms with Crippen LogP contribution in [-0.4, -0.2) is 12.7 Å². The molecule has 0 spiro atoms. The molecule has 0 saturated carbocycles. The molecule has 12 heavy (non-hydrogen) atoms. The van der Waals surface area contributed by atoms with Crippen LogP contribution in [0.3, 0.4) is 0 Å². The Morgan fingerprint density at radius 1 is 1.58 bits per heavy atom. The summed E-state index contributed by atoms with van der Waals surface area (Å²) < 4.78 is 5.72. The molecule has 1 unspecified atom stereocenters. The summed E-state index contributed by atoms with van der Waals surface area (Å²) in [4.78, 5) is 0. The van der Waals surface area contributed by atoms with Crippen molar-refractivity contribution in [1.82, 2.24) is 0 Å². The zero-order valence-electron chi connectivity index (χ0n) is 8.31. The van der Waals surface area contributed by atoms with Crippen LogP contribution < -0.4 is 0 Å². The van der Waals surface area contributed by atoms with Gasteiger partial charge in [0.05, 0.1) is 6.10 Å². The molecule has 1 aliphatic carbocycles. The van der Waals surface area contributed by atoms with Gasteiger partial charge in [0.1, 0.15) is 0 Å². The predicted octanol–water partition coefficient (Wildman–Crippen LogP) is 3.30. The van der Waals surface area contributed by atoms with E-state index in [1.165, 1.54) is 37.7 Å². The van der Waals surface area contributed by atoms with Crippen molar-refractivity contribution in [3.05, 3.63) is 11.6 Å². The average molecular weight is 168 g/mol. The molecule has 1 nitrogen and oxygen atoms in total. The molecular formula is C11H20O. The number of hydrogen-bond donors (Lipinski definition) is 0. The molecule has 0 amide bonds. The van der Waals surface area contributed by atoms with Crippen LogP contribution in [0.1, 0.15) is 46.0 Å². The van der Waals surface area contributed by atoms with Crippen LogP contribution in [-0.2, 0) is 4.74 Å². The Hall–Kier alpha value is -0.300. The lowest BCUT2D eigenvalue weighted by molar-refractivity contribution is 0.0722. The van der Waals surface area contributed by atoms with Crippen molar-refractivity contribution >= 4 is 0 Å². The van der Waals surface area contributed by atoms with E-state index in [1.807, 2.05) is 0 Å². The maximum absolute atomic E-state index is 5.72. The second-order valence-corrected chi connectivity index (χ2v) is 3.67. The SMILES string of the molecule is CCCCOC1C=C(C)CCC1. The number of hydrogen-bond acceptors (Lipinski definition) is 1. The molecule has 0 radical (unpaired) electrons. The van der Waals surface area contributed by atoms with Gasteiger partial charge >= 0.3 is 0 Å². The molecule has 0 fully saturated rings. The van der Waals surface area contributed by atoms with Crippen molar-refractivity contribution in [3.8, 4) is 0 Å². The Balaban J connectivity index is 2.18. The Kier molecular flexibility index (Phi) is 4.37. The standard InChI is InChI=1S/C11H20O/c1-3-4-8-12-11-7-5-6-10(2)9-11/h9,11H,3-8H2,1-2H3. The monoisotopic (exact) mass is 168 g/mol. The summed E-state index contributed by atoms with van der Waals surface area (Å²) in [6.07, 6.45) is 8.94. The van der Waals surface area contributed by atoms with Gasteiger partial charge in [0, 0.05) is 6.61 Å². The van der Waals surface area contributed by atoms with E-state index in [2.05, 4.69) is 19.9 Å². The Bertz CT molecular complexity index is 149. The van der Waals surface area contributed by atoms with Gasteiger partial charge in [0.25, 0.3) is 0 Å². The van der Waals surface area contributed by atoms with Crippen molar-refractivity contribution < 1.29 is 4.74 Å². The van der Waals surface area contributed by atoms with Gasteiger partial charge in [0.15, 0.2) is 0 Å². The van der Waals surface area contributed by atoms with Crippen LogP contribution in [0.25, 0.3) is 0 Å². The first-order valence-electron chi connectivity index (χ1n) is 5.12. The van der Waals surface area contributed by atoms with Gasteiger partial charge in [-0.05, 0) is 32.6 Å². The fraction of sp³-hybridized carbons (Fsp3) is 0.818. The molecule has 0 aliphatic heterocycles. The molecule has 0 bridgehead atoms. The highest BCUT2D eigenvalue weighted by Crippen LogP contribution is 2.19. The van der Waals surface area contributed by atoms with E-state index in [9.17, 15) is 0 Å². The smallest absolute Gasteiger partial charge is 0.0758 e. The third kappa shape index (κ3) is 3.40. The summed E-state index contributed by atoms with van der Waals surface area (Å²) in [6.45, 7) is 5.34. The van der Waals surface area contributed by atoms with E-state index in [0.29, 0.717) is 6.10 Å². The highest BCUT2D eigenvalue weighted by molar-refractivity contribution is 5.05. The fourth-order valence-corrected chi connectivity index (χ4v) is 1.58. The molecule has 0 aromatic heterocycles. The lowest BCUT2D eigenvalue weighted by atomic mass is 9.99. The summed E-state index contributed by atoms with van der Waals surface area (Å²) in [6, 6.07) is 0. The van der Waals surface area contributed by atoms with E-state index in [-0.39, 0.29) is 0 Å². The zero-order chi connectivity index (χ0) is 8.81.